The van der Waals surface area contributed by atoms with Gasteiger partial charge in [0, 0.05) is 29.3 Å². The van der Waals surface area contributed by atoms with Crippen molar-refractivity contribution in [1.82, 2.24) is 4.90 Å². The van der Waals surface area contributed by atoms with Crippen LogP contribution in [0.25, 0.3) is 0 Å². The number of carbonyl (C=O) groups is 1. The van der Waals surface area contributed by atoms with E-state index in [4.69, 9.17) is 4.74 Å². The maximum absolute atomic E-state index is 12.2. The lowest BCUT2D eigenvalue weighted by molar-refractivity contribution is 0.104. The first-order chi connectivity index (χ1) is 11.6. The highest BCUT2D eigenvalue weighted by Gasteiger charge is 2.13. The average molecular weight is 354 g/mol. The van der Waals surface area contributed by atoms with Crippen molar-refractivity contribution in [2.24, 2.45) is 0 Å². The summed E-state index contributed by atoms with van der Waals surface area (Å²) in [5, 5.41) is 0. The van der Waals surface area contributed by atoms with Gasteiger partial charge in [-0.2, -0.15) is 0 Å². The average Bonchev–Trinajstić information content (AvgIpc) is 2.87. The van der Waals surface area contributed by atoms with Crippen LogP contribution in [0.3, 0.4) is 0 Å². The number of hydrogen-bond acceptors (Lipinski definition) is 3. The Kier molecular flexibility index (Phi) is 10.8. The summed E-state index contributed by atoms with van der Waals surface area (Å²) in [5.41, 5.74) is 1.31. The number of thiophene rings is 1. The minimum absolute atomic E-state index is 0.159. The standard InChI is InChI=1S/C20H35NO2S/c1-5-7-8-9-10-11-12-14-21(6-2)20(22)23-15-13-19-16-17(3)24-18(19)4/h16H,5-15H2,1-4H3. The molecule has 0 atom stereocenters. The first kappa shape index (κ1) is 21.0. The Hall–Kier alpha value is -1.03. The van der Waals surface area contributed by atoms with Crippen molar-refractivity contribution >= 4 is 17.4 Å². The summed E-state index contributed by atoms with van der Waals surface area (Å²) in [7, 11) is 0. The highest BCUT2D eigenvalue weighted by molar-refractivity contribution is 7.12. The van der Waals surface area contributed by atoms with E-state index in [1.807, 2.05) is 23.2 Å². The normalized spacial score (nSPS) is 10.8. The Balaban J connectivity index is 2.17. The smallest absolute Gasteiger partial charge is 0.409 e. The molecule has 0 aliphatic rings. The predicted octanol–water partition coefficient (Wildman–Crippen LogP) is 6.12. The van der Waals surface area contributed by atoms with Crippen LogP contribution < -0.4 is 0 Å². The molecule has 0 N–H and O–H groups in total. The zero-order chi connectivity index (χ0) is 17.8. The fourth-order valence-electron chi connectivity index (χ4n) is 2.91. The third-order valence-electron chi connectivity index (χ3n) is 4.41. The quantitative estimate of drug-likeness (QED) is 0.424. The van der Waals surface area contributed by atoms with E-state index in [0.29, 0.717) is 6.61 Å². The lowest BCUT2D eigenvalue weighted by Gasteiger charge is -2.20. The van der Waals surface area contributed by atoms with Crippen molar-refractivity contribution in [2.45, 2.75) is 79.1 Å². The number of amides is 1. The van der Waals surface area contributed by atoms with Gasteiger partial charge in [-0.05, 0) is 38.8 Å². The van der Waals surface area contributed by atoms with Gasteiger partial charge in [-0.15, -0.1) is 11.3 Å². The number of rotatable bonds is 12. The Labute approximate surface area is 152 Å². The van der Waals surface area contributed by atoms with E-state index in [1.165, 1.54) is 53.8 Å². The van der Waals surface area contributed by atoms with Gasteiger partial charge in [0.05, 0.1) is 6.61 Å². The van der Waals surface area contributed by atoms with Crippen molar-refractivity contribution in [2.75, 3.05) is 19.7 Å². The molecule has 1 aromatic heterocycles. The molecule has 3 nitrogen and oxygen atoms in total. The molecule has 0 aromatic carbocycles. The Bertz CT molecular complexity index is 470. The van der Waals surface area contributed by atoms with E-state index < -0.39 is 0 Å². The van der Waals surface area contributed by atoms with Crippen molar-refractivity contribution in [3.05, 3.63) is 21.4 Å². The minimum atomic E-state index is -0.159. The summed E-state index contributed by atoms with van der Waals surface area (Å²) in [5.74, 6) is 0. The van der Waals surface area contributed by atoms with Crippen molar-refractivity contribution in [3.63, 3.8) is 0 Å². The number of aryl methyl sites for hydroxylation is 2. The lowest BCUT2D eigenvalue weighted by atomic mass is 10.1. The summed E-state index contributed by atoms with van der Waals surface area (Å²) in [6.45, 7) is 10.5. The molecule has 0 bridgehead atoms. The molecule has 1 amide bonds. The molecule has 0 radical (unpaired) electrons. The van der Waals surface area contributed by atoms with Gasteiger partial charge in [-0.3, -0.25) is 0 Å². The number of hydrogen-bond donors (Lipinski definition) is 0. The van der Waals surface area contributed by atoms with Crippen LogP contribution in [-0.4, -0.2) is 30.7 Å². The van der Waals surface area contributed by atoms with Crippen LogP contribution in [0.1, 0.15) is 74.1 Å². The summed E-state index contributed by atoms with van der Waals surface area (Å²) in [6.07, 6.45) is 9.53. The van der Waals surface area contributed by atoms with Crippen LogP contribution in [0.15, 0.2) is 6.07 Å². The molecule has 138 valence electrons. The maximum Gasteiger partial charge on any atom is 0.409 e. The molecule has 24 heavy (non-hydrogen) atoms. The van der Waals surface area contributed by atoms with Gasteiger partial charge in [-0.25, -0.2) is 4.79 Å². The molecule has 1 rings (SSSR count). The number of unbranched alkanes of at least 4 members (excludes halogenated alkanes) is 6. The summed E-state index contributed by atoms with van der Waals surface area (Å²) in [6, 6.07) is 2.20. The largest absolute Gasteiger partial charge is 0.449 e. The van der Waals surface area contributed by atoms with Gasteiger partial charge in [0.25, 0.3) is 0 Å². The Morgan fingerprint density at radius 1 is 1.08 bits per heavy atom. The zero-order valence-electron chi connectivity index (χ0n) is 16.0. The molecule has 4 heteroatoms. The molecule has 0 saturated heterocycles. The van der Waals surface area contributed by atoms with E-state index in [0.717, 1.165) is 25.9 Å². The molecule has 1 heterocycles. The van der Waals surface area contributed by atoms with Crippen LogP contribution in [-0.2, 0) is 11.2 Å². The molecule has 0 saturated carbocycles. The summed E-state index contributed by atoms with van der Waals surface area (Å²) in [4.78, 5) is 16.7. The second-order valence-corrected chi connectivity index (χ2v) is 7.96. The van der Waals surface area contributed by atoms with E-state index >= 15 is 0 Å². The second kappa shape index (κ2) is 12.3. The van der Waals surface area contributed by atoms with Crippen LogP contribution in [0.5, 0.6) is 0 Å². The molecule has 0 aliphatic carbocycles. The summed E-state index contributed by atoms with van der Waals surface area (Å²) < 4.78 is 5.47. The van der Waals surface area contributed by atoms with Crippen molar-refractivity contribution < 1.29 is 9.53 Å². The van der Waals surface area contributed by atoms with E-state index in [2.05, 4.69) is 26.8 Å². The molecular weight excluding hydrogens is 318 g/mol. The zero-order valence-corrected chi connectivity index (χ0v) is 16.8. The SMILES string of the molecule is CCCCCCCCCN(CC)C(=O)OCCc1cc(C)sc1C. The van der Waals surface area contributed by atoms with Crippen molar-refractivity contribution in [1.29, 1.82) is 0 Å². The van der Waals surface area contributed by atoms with E-state index in [-0.39, 0.29) is 6.09 Å². The predicted molar refractivity (Wildman–Crippen MR) is 104 cm³/mol. The van der Waals surface area contributed by atoms with E-state index in [9.17, 15) is 4.79 Å². The fourth-order valence-corrected chi connectivity index (χ4v) is 3.89. The maximum atomic E-state index is 12.2. The molecule has 0 fully saturated rings. The monoisotopic (exact) mass is 353 g/mol. The molecule has 1 aromatic rings. The van der Waals surface area contributed by atoms with Crippen LogP contribution >= 0.6 is 11.3 Å². The first-order valence-corrected chi connectivity index (χ1v) is 10.4. The number of nitrogens with zero attached hydrogens (tertiary/aromatic N) is 1. The lowest BCUT2D eigenvalue weighted by Crippen LogP contribution is -2.32. The van der Waals surface area contributed by atoms with Gasteiger partial charge in [0.1, 0.15) is 0 Å². The molecule has 0 spiro atoms. The van der Waals surface area contributed by atoms with Crippen LogP contribution in [0.2, 0.25) is 0 Å². The molecule has 0 unspecified atom stereocenters. The van der Waals surface area contributed by atoms with Gasteiger partial charge in [-0.1, -0.05) is 45.4 Å². The topological polar surface area (TPSA) is 29.5 Å². The van der Waals surface area contributed by atoms with Crippen molar-refractivity contribution in [3.8, 4) is 0 Å². The van der Waals surface area contributed by atoms with Gasteiger partial charge in [0.15, 0.2) is 0 Å². The minimum Gasteiger partial charge on any atom is -0.449 e. The fraction of sp³-hybridized carbons (Fsp3) is 0.750. The third kappa shape index (κ3) is 8.18. The van der Waals surface area contributed by atoms with Crippen LogP contribution in [0, 0.1) is 13.8 Å². The number of ether oxygens (including phenoxy) is 1. The van der Waals surface area contributed by atoms with Gasteiger partial charge < -0.3 is 9.64 Å². The highest BCUT2D eigenvalue weighted by atomic mass is 32.1. The Morgan fingerprint density at radius 2 is 1.75 bits per heavy atom. The molecule has 0 aliphatic heterocycles. The highest BCUT2D eigenvalue weighted by Crippen LogP contribution is 2.21. The Morgan fingerprint density at radius 3 is 2.33 bits per heavy atom. The van der Waals surface area contributed by atoms with Crippen LogP contribution in [0.4, 0.5) is 4.79 Å². The third-order valence-corrected chi connectivity index (χ3v) is 5.42. The number of carbonyl (C=O) groups excluding carboxylic acids is 1. The van der Waals surface area contributed by atoms with Gasteiger partial charge in [0.2, 0.25) is 0 Å². The first-order valence-electron chi connectivity index (χ1n) is 9.56. The molecular formula is C20H35NO2S. The summed E-state index contributed by atoms with van der Waals surface area (Å²) >= 11 is 1.81. The van der Waals surface area contributed by atoms with Gasteiger partial charge >= 0.3 is 6.09 Å². The van der Waals surface area contributed by atoms with E-state index in [1.54, 1.807) is 0 Å². The second-order valence-electron chi connectivity index (χ2n) is 6.50.